The first kappa shape index (κ1) is 14.6. The van der Waals surface area contributed by atoms with Crippen LogP contribution in [0, 0.1) is 0 Å². The summed E-state index contributed by atoms with van der Waals surface area (Å²) in [6.45, 7) is 0. The molecule has 7 nitrogen and oxygen atoms in total. The van der Waals surface area contributed by atoms with Crippen molar-refractivity contribution in [3.63, 3.8) is 0 Å². The Morgan fingerprint density at radius 3 is 1.88 bits per heavy atom. The third-order valence-corrected chi connectivity index (χ3v) is 1.55. The number of hydrogen-bond acceptors (Lipinski definition) is 4. The highest BCUT2D eigenvalue weighted by atomic mass is 16.4. The molecule has 0 atom stereocenters. The third-order valence-electron chi connectivity index (χ3n) is 1.55. The molecule has 2 amide bonds. The second-order valence-corrected chi connectivity index (χ2v) is 2.96. The Kier molecular flexibility index (Phi) is 6.68. The number of carboxylic acid groups (broad SMARTS) is 1. The van der Waals surface area contributed by atoms with Gasteiger partial charge in [0.1, 0.15) is 0 Å². The highest BCUT2D eigenvalue weighted by Gasteiger charge is 1.98. The molecule has 1 aromatic rings. The molecule has 1 heterocycles. The molecule has 0 aliphatic rings. The molecule has 0 saturated heterocycles. The molecule has 5 N–H and O–H groups in total. The highest BCUT2D eigenvalue weighted by molar-refractivity contribution is 5.92. The molecule has 0 radical (unpaired) electrons. The van der Waals surface area contributed by atoms with Crippen LogP contribution in [-0.2, 0) is 9.59 Å². The highest BCUT2D eigenvalue weighted by Crippen LogP contribution is 1.91. The molecule has 1 aromatic heterocycles. The van der Waals surface area contributed by atoms with Crippen LogP contribution in [-0.4, -0.2) is 27.9 Å². The maximum Gasteiger partial charge on any atom is 0.303 e. The Morgan fingerprint density at radius 2 is 1.65 bits per heavy atom. The first-order chi connectivity index (χ1) is 7.93. The lowest BCUT2D eigenvalue weighted by Gasteiger charge is -1.88. The van der Waals surface area contributed by atoms with E-state index < -0.39 is 17.8 Å². The smallest absolute Gasteiger partial charge is 0.303 e. The Bertz CT molecular complexity index is 378. The van der Waals surface area contributed by atoms with Gasteiger partial charge in [-0.2, -0.15) is 0 Å². The summed E-state index contributed by atoms with van der Waals surface area (Å²) in [5.41, 5.74) is 10.1. The van der Waals surface area contributed by atoms with Crippen LogP contribution >= 0.6 is 0 Å². The summed E-state index contributed by atoms with van der Waals surface area (Å²) in [7, 11) is 0. The van der Waals surface area contributed by atoms with E-state index in [2.05, 4.69) is 10.7 Å². The normalized spacial score (nSPS) is 8.71. The van der Waals surface area contributed by atoms with Crippen molar-refractivity contribution in [3.05, 3.63) is 30.1 Å². The fraction of sp³-hybridized carbons (Fsp3) is 0.200. The molecule has 0 spiro atoms. The number of aliphatic carboxylic acids is 1. The van der Waals surface area contributed by atoms with Gasteiger partial charge in [0.2, 0.25) is 11.8 Å². The number of nitrogens with zero attached hydrogens (tertiary/aromatic N) is 1. The Balaban J connectivity index is 0.000000304. The van der Waals surface area contributed by atoms with Crippen LogP contribution in [0.1, 0.15) is 23.2 Å². The summed E-state index contributed by atoms with van der Waals surface area (Å²) in [4.78, 5) is 33.7. The van der Waals surface area contributed by atoms with Crippen LogP contribution in [0.15, 0.2) is 24.5 Å². The van der Waals surface area contributed by atoms with Crippen molar-refractivity contribution in [2.75, 3.05) is 0 Å². The summed E-state index contributed by atoms with van der Waals surface area (Å²) in [6, 6.07) is 3.14. The number of carboxylic acids is 1. The minimum absolute atomic E-state index is 0.0741. The second kappa shape index (κ2) is 7.80. The number of pyridine rings is 1. The monoisotopic (exact) mass is 239 g/mol. The van der Waals surface area contributed by atoms with E-state index in [1.165, 1.54) is 12.4 Å². The van der Waals surface area contributed by atoms with Gasteiger partial charge in [-0.05, 0) is 12.1 Å². The van der Waals surface area contributed by atoms with Gasteiger partial charge in [-0.15, -0.1) is 0 Å². The first-order valence-corrected chi connectivity index (χ1v) is 4.63. The maximum atomic E-state index is 10.4. The molecule has 0 bridgehead atoms. The number of rotatable bonds is 4. The van der Waals surface area contributed by atoms with Crippen molar-refractivity contribution >= 4 is 17.8 Å². The zero-order chi connectivity index (χ0) is 13.3. The summed E-state index contributed by atoms with van der Waals surface area (Å²) >= 11 is 0. The molecule has 0 fully saturated rings. The van der Waals surface area contributed by atoms with Crippen molar-refractivity contribution < 1.29 is 19.5 Å². The molecule has 0 aliphatic carbocycles. The van der Waals surface area contributed by atoms with Gasteiger partial charge in [-0.1, -0.05) is 0 Å². The van der Waals surface area contributed by atoms with Crippen LogP contribution < -0.4 is 11.5 Å². The van der Waals surface area contributed by atoms with Gasteiger partial charge in [0.05, 0.1) is 6.42 Å². The predicted octanol–water partition coefficient (Wildman–Crippen LogP) is -0.483. The Morgan fingerprint density at radius 1 is 1.12 bits per heavy atom. The van der Waals surface area contributed by atoms with Gasteiger partial charge in [-0.3, -0.25) is 19.4 Å². The van der Waals surface area contributed by atoms with E-state index in [0.717, 1.165) is 0 Å². The van der Waals surface area contributed by atoms with E-state index >= 15 is 0 Å². The molecule has 0 unspecified atom stereocenters. The largest absolute Gasteiger partial charge is 0.481 e. The van der Waals surface area contributed by atoms with Crippen molar-refractivity contribution in [1.29, 1.82) is 0 Å². The molecular formula is C10H13N3O4. The lowest BCUT2D eigenvalue weighted by Crippen LogP contribution is -2.12. The second-order valence-electron chi connectivity index (χ2n) is 2.96. The zero-order valence-electron chi connectivity index (χ0n) is 9.00. The van der Waals surface area contributed by atoms with Crippen molar-refractivity contribution in [2.45, 2.75) is 12.8 Å². The zero-order valence-corrected chi connectivity index (χ0v) is 9.00. The van der Waals surface area contributed by atoms with Gasteiger partial charge in [0, 0.05) is 24.4 Å². The van der Waals surface area contributed by atoms with E-state index in [9.17, 15) is 14.4 Å². The average Bonchev–Trinajstić information content (AvgIpc) is 2.28. The van der Waals surface area contributed by atoms with Gasteiger partial charge >= 0.3 is 5.97 Å². The standard InChI is InChI=1S/C6H6N2O.C4H7NO3/c7-6(9)5-1-3-8-4-2-5;5-3(6)1-2-4(7)8/h1-4H,(H2,7,9);1-2H2,(H2,5,6)(H,7,8). The van der Waals surface area contributed by atoms with E-state index in [1.54, 1.807) is 12.1 Å². The van der Waals surface area contributed by atoms with Gasteiger partial charge < -0.3 is 16.6 Å². The van der Waals surface area contributed by atoms with Gasteiger partial charge in [0.15, 0.2) is 0 Å². The molecule has 92 valence electrons. The number of carbonyl (C=O) groups is 3. The number of amides is 2. The molecular weight excluding hydrogens is 226 g/mol. The molecule has 7 heteroatoms. The maximum absolute atomic E-state index is 10.4. The Labute approximate surface area is 97.4 Å². The fourth-order valence-corrected chi connectivity index (χ4v) is 0.746. The summed E-state index contributed by atoms with van der Waals surface area (Å²) in [5, 5.41) is 7.95. The number of carbonyl (C=O) groups excluding carboxylic acids is 2. The first-order valence-electron chi connectivity index (χ1n) is 4.63. The predicted molar refractivity (Wildman–Crippen MR) is 58.8 cm³/mol. The van der Waals surface area contributed by atoms with Crippen LogP contribution in [0.4, 0.5) is 0 Å². The minimum Gasteiger partial charge on any atom is -0.481 e. The minimum atomic E-state index is -0.996. The number of primary amides is 2. The van der Waals surface area contributed by atoms with Crippen LogP contribution in [0.25, 0.3) is 0 Å². The number of aromatic nitrogens is 1. The van der Waals surface area contributed by atoms with Crippen molar-refractivity contribution in [3.8, 4) is 0 Å². The van der Waals surface area contributed by atoms with E-state index in [-0.39, 0.29) is 12.8 Å². The molecule has 0 saturated carbocycles. The molecule has 17 heavy (non-hydrogen) atoms. The fourth-order valence-electron chi connectivity index (χ4n) is 0.746. The van der Waals surface area contributed by atoms with Gasteiger partial charge in [0.25, 0.3) is 0 Å². The third kappa shape index (κ3) is 8.55. The van der Waals surface area contributed by atoms with E-state index in [4.69, 9.17) is 10.8 Å². The quantitative estimate of drug-likeness (QED) is 0.651. The van der Waals surface area contributed by atoms with Crippen LogP contribution in [0.3, 0.4) is 0 Å². The SMILES string of the molecule is NC(=O)CCC(=O)O.NC(=O)c1ccncc1. The van der Waals surface area contributed by atoms with Crippen molar-refractivity contribution in [1.82, 2.24) is 4.98 Å². The number of hydrogen-bond donors (Lipinski definition) is 3. The summed E-state index contributed by atoms with van der Waals surface area (Å²) in [6.07, 6.45) is 2.81. The Hall–Kier alpha value is -2.44. The van der Waals surface area contributed by atoms with E-state index in [0.29, 0.717) is 5.56 Å². The van der Waals surface area contributed by atoms with E-state index in [1.807, 2.05) is 0 Å². The van der Waals surface area contributed by atoms with Gasteiger partial charge in [-0.25, -0.2) is 0 Å². The molecule has 0 aromatic carbocycles. The molecule has 1 rings (SSSR count). The average molecular weight is 239 g/mol. The van der Waals surface area contributed by atoms with Crippen molar-refractivity contribution in [2.24, 2.45) is 11.5 Å². The van der Waals surface area contributed by atoms with Crippen LogP contribution in [0.5, 0.6) is 0 Å². The molecule has 0 aliphatic heterocycles. The summed E-state index contributed by atoms with van der Waals surface area (Å²) in [5.74, 6) is -1.99. The lowest BCUT2D eigenvalue weighted by atomic mass is 10.3. The summed E-state index contributed by atoms with van der Waals surface area (Å²) < 4.78 is 0. The number of nitrogens with two attached hydrogens (primary N) is 2. The van der Waals surface area contributed by atoms with Crippen LogP contribution in [0.2, 0.25) is 0 Å². The lowest BCUT2D eigenvalue weighted by molar-refractivity contribution is -0.138. The topological polar surface area (TPSA) is 136 Å².